The second-order valence-electron chi connectivity index (χ2n) is 3.02. The van der Waals surface area contributed by atoms with E-state index in [1.54, 1.807) is 13.2 Å². The van der Waals surface area contributed by atoms with Crippen LogP contribution < -0.4 is 11.1 Å². The van der Waals surface area contributed by atoms with Crippen LogP contribution in [0.25, 0.3) is 0 Å². The van der Waals surface area contributed by atoms with Gasteiger partial charge in [0.2, 0.25) is 0 Å². The Labute approximate surface area is 87.7 Å². The number of ether oxygens (including phenoxy) is 1. The first-order valence-electron chi connectivity index (χ1n) is 4.52. The van der Waals surface area contributed by atoms with Gasteiger partial charge in [-0.05, 0) is 18.2 Å². The lowest BCUT2D eigenvalue weighted by molar-refractivity contribution is 0.211. The first kappa shape index (κ1) is 11.5. The molecular formula is C10H14FN3O. The molecule has 4 N–H and O–H groups in total. The molecule has 15 heavy (non-hydrogen) atoms. The van der Waals surface area contributed by atoms with Crippen molar-refractivity contribution in [2.24, 2.45) is 5.73 Å². The molecule has 0 spiro atoms. The molecule has 4 nitrogen and oxygen atoms in total. The summed E-state index contributed by atoms with van der Waals surface area (Å²) in [5.41, 5.74) is 6.34. The van der Waals surface area contributed by atoms with Crippen molar-refractivity contribution < 1.29 is 9.13 Å². The fourth-order valence-corrected chi connectivity index (χ4v) is 1.18. The van der Waals surface area contributed by atoms with Gasteiger partial charge in [-0.15, -0.1) is 0 Å². The van der Waals surface area contributed by atoms with Crippen LogP contribution in [0.1, 0.15) is 5.56 Å². The highest BCUT2D eigenvalue weighted by molar-refractivity contribution is 6.00. The number of rotatable bonds is 5. The van der Waals surface area contributed by atoms with Gasteiger partial charge >= 0.3 is 0 Å². The fraction of sp³-hybridized carbons (Fsp3) is 0.300. The number of benzene rings is 1. The smallest absolute Gasteiger partial charge is 0.124 e. The van der Waals surface area contributed by atoms with Gasteiger partial charge in [0.15, 0.2) is 0 Å². The van der Waals surface area contributed by atoms with Crippen LogP contribution in [-0.4, -0.2) is 26.1 Å². The number of amidine groups is 1. The summed E-state index contributed by atoms with van der Waals surface area (Å²) in [5, 5.41) is 10.3. The zero-order valence-corrected chi connectivity index (χ0v) is 8.51. The Morgan fingerprint density at radius 2 is 2.33 bits per heavy atom. The van der Waals surface area contributed by atoms with Crippen LogP contribution in [0, 0.1) is 11.2 Å². The summed E-state index contributed by atoms with van der Waals surface area (Å²) in [7, 11) is 1.60. The summed E-state index contributed by atoms with van der Waals surface area (Å²) in [4.78, 5) is 0. The highest BCUT2D eigenvalue weighted by Gasteiger charge is 2.06. The highest BCUT2D eigenvalue weighted by Crippen LogP contribution is 2.15. The molecule has 1 rings (SSSR count). The second-order valence-corrected chi connectivity index (χ2v) is 3.02. The number of nitrogens with two attached hydrogens (primary N) is 1. The molecule has 5 heteroatoms. The van der Waals surface area contributed by atoms with Gasteiger partial charge in [0, 0.05) is 24.9 Å². The number of methoxy groups -OCH3 is 1. The van der Waals surface area contributed by atoms with Crippen molar-refractivity contribution in [3.8, 4) is 0 Å². The molecule has 0 saturated carbocycles. The Hall–Kier alpha value is -1.62. The minimum absolute atomic E-state index is 0.158. The summed E-state index contributed by atoms with van der Waals surface area (Å²) >= 11 is 0. The predicted molar refractivity (Wildman–Crippen MR) is 57.8 cm³/mol. The second kappa shape index (κ2) is 5.31. The van der Waals surface area contributed by atoms with Gasteiger partial charge in [-0.3, -0.25) is 5.41 Å². The van der Waals surface area contributed by atoms with Crippen molar-refractivity contribution in [2.45, 2.75) is 0 Å². The van der Waals surface area contributed by atoms with Gasteiger partial charge in [0.25, 0.3) is 0 Å². The van der Waals surface area contributed by atoms with Crippen LogP contribution in [0.15, 0.2) is 18.2 Å². The van der Waals surface area contributed by atoms with Crippen LogP contribution in [-0.2, 0) is 4.74 Å². The number of halogens is 1. The number of hydrogen-bond donors (Lipinski definition) is 3. The lowest BCUT2D eigenvalue weighted by atomic mass is 10.1. The van der Waals surface area contributed by atoms with E-state index in [4.69, 9.17) is 15.9 Å². The zero-order chi connectivity index (χ0) is 11.3. The Morgan fingerprint density at radius 1 is 1.60 bits per heavy atom. The van der Waals surface area contributed by atoms with E-state index >= 15 is 0 Å². The molecule has 0 aromatic heterocycles. The summed E-state index contributed by atoms with van der Waals surface area (Å²) in [6.07, 6.45) is 0. The van der Waals surface area contributed by atoms with Crippen LogP contribution in [0.4, 0.5) is 10.1 Å². The molecule has 0 bridgehead atoms. The average molecular weight is 211 g/mol. The Bertz CT molecular complexity index is 355. The maximum absolute atomic E-state index is 12.9. The van der Waals surface area contributed by atoms with Crippen LogP contribution >= 0.6 is 0 Å². The van der Waals surface area contributed by atoms with E-state index in [0.717, 1.165) is 0 Å². The van der Waals surface area contributed by atoms with Crippen molar-refractivity contribution in [1.82, 2.24) is 0 Å². The molecule has 0 aliphatic carbocycles. The Morgan fingerprint density at radius 3 is 2.93 bits per heavy atom. The maximum atomic E-state index is 12.9. The zero-order valence-electron chi connectivity index (χ0n) is 8.51. The van der Waals surface area contributed by atoms with Gasteiger partial charge in [-0.25, -0.2) is 4.39 Å². The molecule has 0 radical (unpaired) electrons. The number of nitrogen functional groups attached to an aromatic ring is 1. The highest BCUT2D eigenvalue weighted by atomic mass is 19.1. The molecule has 0 fully saturated rings. The molecule has 0 heterocycles. The van der Waals surface area contributed by atoms with Crippen molar-refractivity contribution in [3.63, 3.8) is 0 Å². The topological polar surface area (TPSA) is 71.1 Å². The molecular weight excluding hydrogens is 197 g/mol. The van der Waals surface area contributed by atoms with Crippen molar-refractivity contribution >= 4 is 11.5 Å². The minimum atomic E-state index is -0.405. The molecule has 0 saturated heterocycles. The molecule has 82 valence electrons. The molecule has 1 aromatic rings. The van der Waals surface area contributed by atoms with Crippen molar-refractivity contribution in [2.75, 3.05) is 25.6 Å². The number of hydrogen-bond acceptors (Lipinski definition) is 3. The van der Waals surface area contributed by atoms with Gasteiger partial charge in [0.05, 0.1) is 6.61 Å². The van der Waals surface area contributed by atoms with E-state index in [1.165, 1.54) is 12.1 Å². The summed E-state index contributed by atoms with van der Waals surface area (Å²) in [6.45, 7) is 1.12. The van der Waals surface area contributed by atoms with Crippen molar-refractivity contribution in [1.29, 1.82) is 5.41 Å². The standard InChI is InChI=1S/C10H14FN3O/c1-15-5-4-14-9-3-2-7(11)6-8(9)10(12)13/h2-3,6,14H,4-5H2,1H3,(H3,12,13). The van der Waals surface area contributed by atoms with Gasteiger partial charge in [0.1, 0.15) is 11.7 Å². The van der Waals surface area contributed by atoms with Crippen LogP contribution in [0.2, 0.25) is 0 Å². The Balaban J connectivity index is 2.81. The van der Waals surface area contributed by atoms with E-state index < -0.39 is 5.82 Å². The fourth-order valence-electron chi connectivity index (χ4n) is 1.18. The maximum Gasteiger partial charge on any atom is 0.124 e. The molecule has 0 aliphatic rings. The quantitative estimate of drug-likeness (QED) is 0.389. The predicted octanol–water partition coefficient (Wildman–Crippen LogP) is 1.17. The normalized spacial score (nSPS) is 10.0. The largest absolute Gasteiger partial charge is 0.384 e. The summed E-state index contributed by atoms with van der Waals surface area (Å²) in [5.74, 6) is -0.563. The molecule has 0 amide bonds. The molecule has 0 aliphatic heterocycles. The first-order chi connectivity index (χ1) is 7.15. The first-order valence-corrected chi connectivity index (χ1v) is 4.52. The third kappa shape index (κ3) is 3.21. The lowest BCUT2D eigenvalue weighted by Crippen LogP contribution is -2.16. The molecule has 0 unspecified atom stereocenters. The Kier molecular flexibility index (Phi) is 4.05. The van der Waals surface area contributed by atoms with Crippen LogP contribution in [0.3, 0.4) is 0 Å². The van der Waals surface area contributed by atoms with E-state index in [9.17, 15) is 4.39 Å². The third-order valence-corrected chi connectivity index (χ3v) is 1.89. The van der Waals surface area contributed by atoms with E-state index in [1.807, 2.05) is 0 Å². The molecule has 1 aromatic carbocycles. The molecule has 0 atom stereocenters. The number of nitrogens with one attached hydrogen (secondary N) is 2. The van der Waals surface area contributed by atoms with E-state index in [0.29, 0.717) is 24.4 Å². The summed E-state index contributed by atoms with van der Waals surface area (Å²) in [6, 6.07) is 4.11. The van der Waals surface area contributed by atoms with Crippen molar-refractivity contribution in [3.05, 3.63) is 29.6 Å². The van der Waals surface area contributed by atoms with E-state index in [2.05, 4.69) is 5.32 Å². The average Bonchev–Trinajstić information content (AvgIpc) is 2.20. The third-order valence-electron chi connectivity index (χ3n) is 1.89. The van der Waals surface area contributed by atoms with Gasteiger partial charge < -0.3 is 15.8 Å². The minimum Gasteiger partial charge on any atom is -0.384 e. The van der Waals surface area contributed by atoms with E-state index in [-0.39, 0.29) is 5.84 Å². The van der Waals surface area contributed by atoms with Crippen LogP contribution in [0.5, 0.6) is 0 Å². The van der Waals surface area contributed by atoms with Gasteiger partial charge in [-0.2, -0.15) is 0 Å². The summed E-state index contributed by atoms with van der Waals surface area (Å²) < 4.78 is 17.8. The lowest BCUT2D eigenvalue weighted by Gasteiger charge is -2.10. The SMILES string of the molecule is COCCNc1ccc(F)cc1C(=N)N. The van der Waals surface area contributed by atoms with Gasteiger partial charge in [-0.1, -0.05) is 0 Å². The number of anilines is 1. The monoisotopic (exact) mass is 211 g/mol.